The smallest absolute Gasteiger partial charge is 0.128 e. The van der Waals surface area contributed by atoms with Crippen molar-refractivity contribution in [3.63, 3.8) is 0 Å². The minimum absolute atomic E-state index is 0.648. The zero-order valence-corrected chi connectivity index (χ0v) is 12.4. The van der Waals surface area contributed by atoms with Crippen molar-refractivity contribution in [1.82, 2.24) is 9.88 Å². The second-order valence-electron chi connectivity index (χ2n) is 5.00. The van der Waals surface area contributed by atoms with Crippen LogP contribution < -0.4 is 4.90 Å². The first-order chi connectivity index (χ1) is 8.08. The van der Waals surface area contributed by atoms with Gasteiger partial charge in [0.15, 0.2) is 0 Å². The number of hydrogen-bond donors (Lipinski definition) is 0. The zero-order chi connectivity index (χ0) is 12.4. The molecule has 1 aliphatic heterocycles. The maximum absolute atomic E-state index is 4.52. The highest BCUT2D eigenvalue weighted by molar-refractivity contribution is 9.10. The van der Waals surface area contributed by atoms with Gasteiger partial charge in [0.2, 0.25) is 0 Å². The fourth-order valence-electron chi connectivity index (χ4n) is 2.28. The third-order valence-electron chi connectivity index (χ3n) is 3.48. The molecule has 2 rings (SSSR count). The van der Waals surface area contributed by atoms with Gasteiger partial charge in [-0.25, -0.2) is 4.98 Å². The number of aryl methyl sites for hydroxylation is 1. The Kier molecular flexibility index (Phi) is 4.05. The van der Waals surface area contributed by atoms with Crippen LogP contribution in [0, 0.1) is 6.92 Å². The van der Waals surface area contributed by atoms with E-state index in [2.05, 4.69) is 57.8 Å². The molecular weight excluding hydrogens is 278 g/mol. The molecule has 4 heteroatoms. The second kappa shape index (κ2) is 5.36. The van der Waals surface area contributed by atoms with E-state index in [4.69, 9.17) is 0 Å². The first-order valence-corrected chi connectivity index (χ1v) is 6.90. The lowest BCUT2D eigenvalue weighted by Crippen LogP contribution is -2.45. The van der Waals surface area contributed by atoms with Gasteiger partial charge in [-0.3, -0.25) is 0 Å². The molecule has 0 N–H and O–H groups in total. The highest BCUT2D eigenvalue weighted by Gasteiger charge is 2.22. The Morgan fingerprint density at radius 3 is 2.88 bits per heavy atom. The Labute approximate surface area is 112 Å². The van der Waals surface area contributed by atoms with E-state index in [1.165, 1.54) is 18.4 Å². The molecular formula is C13H20BrN3. The summed E-state index contributed by atoms with van der Waals surface area (Å²) in [6.07, 6.45) is 4.45. The van der Waals surface area contributed by atoms with Crippen LogP contribution in [0.3, 0.4) is 0 Å². The van der Waals surface area contributed by atoms with Crippen molar-refractivity contribution in [3.8, 4) is 0 Å². The molecule has 1 aromatic rings. The average molecular weight is 298 g/mol. The Hall–Kier alpha value is -0.610. The fraction of sp³-hybridized carbons (Fsp3) is 0.615. The number of rotatable bonds is 2. The minimum Gasteiger partial charge on any atom is -0.355 e. The van der Waals surface area contributed by atoms with E-state index in [0.29, 0.717) is 6.04 Å². The van der Waals surface area contributed by atoms with E-state index in [9.17, 15) is 0 Å². The lowest BCUT2D eigenvalue weighted by Gasteiger charge is -2.36. The lowest BCUT2D eigenvalue weighted by molar-refractivity contribution is 0.257. The summed E-state index contributed by atoms with van der Waals surface area (Å²) < 4.78 is 1.09. The molecule has 0 aromatic carbocycles. The molecule has 1 fully saturated rings. The molecule has 1 aliphatic rings. The highest BCUT2D eigenvalue weighted by Crippen LogP contribution is 2.23. The van der Waals surface area contributed by atoms with Crippen LogP contribution in [0.4, 0.5) is 5.82 Å². The number of nitrogens with zero attached hydrogens (tertiary/aromatic N) is 3. The summed E-state index contributed by atoms with van der Waals surface area (Å²) in [5.74, 6) is 1.11. The summed E-state index contributed by atoms with van der Waals surface area (Å²) in [7, 11) is 4.32. The van der Waals surface area contributed by atoms with E-state index in [1.807, 2.05) is 6.20 Å². The van der Waals surface area contributed by atoms with Crippen LogP contribution in [0.25, 0.3) is 0 Å². The van der Waals surface area contributed by atoms with Crippen LogP contribution in [-0.2, 0) is 0 Å². The number of piperidine rings is 1. The molecule has 0 saturated carbocycles. The summed E-state index contributed by atoms with van der Waals surface area (Å²) in [6, 6.07) is 2.82. The van der Waals surface area contributed by atoms with Gasteiger partial charge in [0.1, 0.15) is 5.82 Å². The molecule has 0 aliphatic carbocycles. The summed E-state index contributed by atoms with van der Waals surface area (Å²) in [5.41, 5.74) is 1.25. The van der Waals surface area contributed by atoms with Crippen LogP contribution in [0.5, 0.6) is 0 Å². The fourth-order valence-corrected chi connectivity index (χ4v) is 2.50. The molecule has 94 valence electrons. The number of pyridine rings is 1. The summed E-state index contributed by atoms with van der Waals surface area (Å²) in [5, 5.41) is 0. The Balaban J connectivity index is 2.13. The summed E-state index contributed by atoms with van der Waals surface area (Å²) in [6.45, 7) is 4.32. The second-order valence-corrected chi connectivity index (χ2v) is 5.85. The topological polar surface area (TPSA) is 19.4 Å². The number of halogens is 1. The van der Waals surface area contributed by atoms with Crippen molar-refractivity contribution in [2.24, 2.45) is 0 Å². The van der Waals surface area contributed by atoms with Gasteiger partial charge in [-0.05, 0) is 61.4 Å². The van der Waals surface area contributed by atoms with Gasteiger partial charge in [0.05, 0.1) is 0 Å². The van der Waals surface area contributed by atoms with Gasteiger partial charge in [0, 0.05) is 29.8 Å². The minimum atomic E-state index is 0.648. The number of aromatic nitrogens is 1. The van der Waals surface area contributed by atoms with E-state index >= 15 is 0 Å². The molecule has 1 atom stereocenters. The highest BCUT2D eigenvalue weighted by atomic mass is 79.9. The van der Waals surface area contributed by atoms with Crippen molar-refractivity contribution in [2.75, 3.05) is 32.1 Å². The normalized spacial score (nSPS) is 21.0. The van der Waals surface area contributed by atoms with Gasteiger partial charge < -0.3 is 9.80 Å². The molecule has 1 saturated heterocycles. The van der Waals surface area contributed by atoms with Gasteiger partial charge >= 0.3 is 0 Å². The Morgan fingerprint density at radius 1 is 1.47 bits per heavy atom. The van der Waals surface area contributed by atoms with Crippen LogP contribution in [0.2, 0.25) is 0 Å². The monoisotopic (exact) mass is 297 g/mol. The first-order valence-electron chi connectivity index (χ1n) is 6.11. The maximum Gasteiger partial charge on any atom is 0.128 e. The SMILES string of the molecule is Cc1cc(N2CCCC(N(C)C)C2)ncc1Br. The van der Waals surface area contributed by atoms with Crippen LogP contribution in [0.1, 0.15) is 18.4 Å². The molecule has 0 bridgehead atoms. The van der Waals surface area contributed by atoms with E-state index in [1.54, 1.807) is 0 Å². The summed E-state index contributed by atoms with van der Waals surface area (Å²) in [4.78, 5) is 9.23. The van der Waals surface area contributed by atoms with Crippen molar-refractivity contribution in [1.29, 1.82) is 0 Å². The molecule has 0 radical (unpaired) electrons. The van der Waals surface area contributed by atoms with Crippen molar-refractivity contribution in [3.05, 3.63) is 22.3 Å². The first kappa shape index (κ1) is 12.8. The summed E-state index contributed by atoms with van der Waals surface area (Å²) >= 11 is 3.50. The van der Waals surface area contributed by atoms with Crippen LogP contribution >= 0.6 is 15.9 Å². The van der Waals surface area contributed by atoms with Gasteiger partial charge in [-0.1, -0.05) is 0 Å². The molecule has 1 aromatic heterocycles. The molecule has 3 nitrogen and oxygen atoms in total. The predicted molar refractivity (Wildman–Crippen MR) is 75.6 cm³/mol. The van der Waals surface area contributed by atoms with E-state index in [0.717, 1.165) is 23.4 Å². The third-order valence-corrected chi connectivity index (χ3v) is 4.31. The number of anilines is 1. The zero-order valence-electron chi connectivity index (χ0n) is 10.8. The van der Waals surface area contributed by atoms with E-state index in [-0.39, 0.29) is 0 Å². The standard InChI is InChI=1S/C13H20BrN3/c1-10-7-13(15-8-12(10)14)17-6-4-5-11(9-17)16(2)3/h7-8,11H,4-6,9H2,1-3H3. The lowest BCUT2D eigenvalue weighted by atomic mass is 10.0. The van der Waals surface area contributed by atoms with Gasteiger partial charge in [-0.2, -0.15) is 0 Å². The van der Waals surface area contributed by atoms with Crippen LogP contribution in [0.15, 0.2) is 16.7 Å². The Bertz CT molecular complexity index is 392. The number of hydrogen-bond acceptors (Lipinski definition) is 3. The van der Waals surface area contributed by atoms with Gasteiger partial charge in [0.25, 0.3) is 0 Å². The molecule has 0 spiro atoms. The average Bonchev–Trinajstić information content (AvgIpc) is 2.33. The van der Waals surface area contributed by atoms with Crippen molar-refractivity contribution >= 4 is 21.7 Å². The van der Waals surface area contributed by atoms with Crippen LogP contribution in [-0.4, -0.2) is 43.1 Å². The van der Waals surface area contributed by atoms with Gasteiger partial charge in [-0.15, -0.1) is 0 Å². The number of likely N-dealkylation sites (N-methyl/N-ethyl adjacent to an activating group) is 1. The largest absolute Gasteiger partial charge is 0.355 e. The third kappa shape index (κ3) is 2.99. The predicted octanol–water partition coefficient (Wildman–Crippen LogP) is 2.68. The maximum atomic E-state index is 4.52. The Morgan fingerprint density at radius 2 is 2.24 bits per heavy atom. The quantitative estimate of drug-likeness (QED) is 0.837. The molecule has 1 unspecified atom stereocenters. The van der Waals surface area contributed by atoms with Crippen molar-refractivity contribution in [2.45, 2.75) is 25.8 Å². The van der Waals surface area contributed by atoms with E-state index < -0.39 is 0 Å². The molecule has 2 heterocycles. The molecule has 17 heavy (non-hydrogen) atoms. The molecule has 0 amide bonds. The van der Waals surface area contributed by atoms with Crippen molar-refractivity contribution < 1.29 is 0 Å².